The van der Waals surface area contributed by atoms with Crippen molar-refractivity contribution in [2.45, 2.75) is 13.5 Å². The summed E-state index contributed by atoms with van der Waals surface area (Å²) < 4.78 is 26.4. The summed E-state index contributed by atoms with van der Waals surface area (Å²) in [5.74, 6) is -3.32. The van der Waals surface area contributed by atoms with Crippen LogP contribution in [0.5, 0.6) is 0 Å². The predicted molar refractivity (Wildman–Crippen MR) is 95.0 cm³/mol. The lowest BCUT2D eigenvalue weighted by atomic mass is 10.1. The first-order valence-electron chi connectivity index (χ1n) is 8.27. The van der Waals surface area contributed by atoms with Crippen LogP contribution in [0.2, 0.25) is 0 Å². The summed E-state index contributed by atoms with van der Waals surface area (Å²) >= 11 is 0. The number of carbonyl (C=O) groups excluding carboxylic acids is 3. The van der Waals surface area contributed by atoms with Gasteiger partial charge in [-0.2, -0.15) is 0 Å². The lowest BCUT2D eigenvalue weighted by Crippen LogP contribution is -2.37. The van der Waals surface area contributed by atoms with E-state index in [1.54, 1.807) is 24.3 Å². The number of hydrogen-bond acceptors (Lipinski definition) is 3. The minimum absolute atomic E-state index is 0.160. The van der Waals surface area contributed by atoms with E-state index in [0.717, 1.165) is 12.1 Å². The van der Waals surface area contributed by atoms with Crippen LogP contribution in [-0.4, -0.2) is 30.8 Å². The summed E-state index contributed by atoms with van der Waals surface area (Å²) in [6.07, 6.45) is 0. The van der Waals surface area contributed by atoms with Gasteiger partial charge in [-0.05, 0) is 36.8 Å². The first-order valence-corrected chi connectivity index (χ1v) is 8.27. The summed E-state index contributed by atoms with van der Waals surface area (Å²) in [6.45, 7) is 2.11. The molecule has 2 aromatic rings. The van der Waals surface area contributed by atoms with Crippen molar-refractivity contribution in [2.24, 2.45) is 0 Å². The molecule has 3 amide bonds. The van der Waals surface area contributed by atoms with Gasteiger partial charge in [0.1, 0.15) is 11.6 Å². The number of halogens is 2. The third-order valence-corrected chi connectivity index (χ3v) is 3.60. The van der Waals surface area contributed by atoms with Crippen LogP contribution in [0.25, 0.3) is 0 Å². The van der Waals surface area contributed by atoms with Gasteiger partial charge in [0.05, 0.1) is 12.1 Å². The van der Waals surface area contributed by atoms with Gasteiger partial charge in [-0.25, -0.2) is 8.78 Å². The Bertz CT molecular complexity index is 856. The van der Waals surface area contributed by atoms with Crippen molar-refractivity contribution in [1.82, 2.24) is 16.0 Å². The van der Waals surface area contributed by atoms with Crippen LogP contribution in [0.1, 0.15) is 33.2 Å². The van der Waals surface area contributed by atoms with E-state index in [1.165, 1.54) is 0 Å². The molecule has 0 bridgehead atoms. The fourth-order valence-corrected chi connectivity index (χ4v) is 2.28. The summed E-state index contributed by atoms with van der Waals surface area (Å²) in [4.78, 5) is 35.5. The molecule has 0 aliphatic heterocycles. The lowest BCUT2D eigenvalue weighted by molar-refractivity contribution is -0.120. The number of benzene rings is 2. The van der Waals surface area contributed by atoms with Crippen molar-refractivity contribution in [3.05, 3.63) is 70.8 Å². The Balaban J connectivity index is 1.85. The van der Waals surface area contributed by atoms with Gasteiger partial charge >= 0.3 is 0 Å². The number of amides is 3. The normalized spacial score (nSPS) is 10.2. The molecule has 0 fully saturated rings. The van der Waals surface area contributed by atoms with E-state index < -0.39 is 23.4 Å². The summed E-state index contributed by atoms with van der Waals surface area (Å²) in [6, 6.07) is 9.31. The Kier molecular flexibility index (Phi) is 6.99. The van der Waals surface area contributed by atoms with Crippen molar-refractivity contribution in [1.29, 1.82) is 0 Å². The molecule has 142 valence electrons. The zero-order valence-corrected chi connectivity index (χ0v) is 14.6. The molecule has 0 aliphatic carbocycles. The van der Waals surface area contributed by atoms with E-state index in [-0.39, 0.29) is 24.6 Å². The molecule has 0 atom stereocenters. The predicted octanol–water partition coefficient (Wildman–Crippen LogP) is 1.76. The Morgan fingerprint density at radius 1 is 0.926 bits per heavy atom. The third kappa shape index (κ3) is 5.88. The van der Waals surface area contributed by atoms with Crippen LogP contribution in [0, 0.1) is 11.6 Å². The van der Waals surface area contributed by atoms with Crippen LogP contribution >= 0.6 is 0 Å². The summed E-state index contributed by atoms with van der Waals surface area (Å²) in [5, 5.41) is 7.53. The van der Waals surface area contributed by atoms with Gasteiger partial charge in [-0.3, -0.25) is 14.4 Å². The zero-order chi connectivity index (χ0) is 19.8. The Hall–Kier alpha value is -3.29. The molecule has 0 radical (unpaired) electrons. The maximum Gasteiger partial charge on any atom is 0.254 e. The summed E-state index contributed by atoms with van der Waals surface area (Å²) in [5.41, 5.74) is 0.838. The van der Waals surface area contributed by atoms with Crippen molar-refractivity contribution < 1.29 is 23.2 Å². The SMILES string of the molecule is CCNC(=O)c1cccc(CNC(=O)CNC(=O)c2ccc(F)cc2F)c1. The molecular formula is C19H19F2N3O3. The van der Waals surface area contributed by atoms with Crippen molar-refractivity contribution >= 4 is 17.7 Å². The minimum atomic E-state index is -1.00. The Morgan fingerprint density at radius 3 is 2.41 bits per heavy atom. The molecule has 0 heterocycles. The van der Waals surface area contributed by atoms with Crippen LogP contribution in [0.4, 0.5) is 8.78 Å². The maximum atomic E-state index is 13.5. The van der Waals surface area contributed by atoms with Gasteiger partial charge in [0.15, 0.2) is 0 Å². The van der Waals surface area contributed by atoms with Crippen molar-refractivity contribution in [3.63, 3.8) is 0 Å². The van der Waals surface area contributed by atoms with Crippen molar-refractivity contribution in [2.75, 3.05) is 13.1 Å². The van der Waals surface area contributed by atoms with Crippen molar-refractivity contribution in [3.8, 4) is 0 Å². The third-order valence-electron chi connectivity index (χ3n) is 3.60. The standard InChI is InChI=1S/C19H19F2N3O3/c1-2-22-18(26)13-5-3-4-12(8-13)10-23-17(25)11-24-19(27)15-7-6-14(20)9-16(15)21/h3-9H,2,10-11H2,1H3,(H,22,26)(H,23,25)(H,24,27). The lowest BCUT2D eigenvalue weighted by Gasteiger charge is -2.09. The van der Waals surface area contributed by atoms with E-state index in [4.69, 9.17) is 0 Å². The van der Waals surface area contributed by atoms with Crippen LogP contribution in [0.3, 0.4) is 0 Å². The van der Waals surface area contributed by atoms with Crippen LogP contribution in [-0.2, 0) is 11.3 Å². The van der Waals surface area contributed by atoms with Gasteiger partial charge in [0.25, 0.3) is 11.8 Å². The molecule has 0 saturated carbocycles. The molecule has 6 nitrogen and oxygen atoms in total. The fourth-order valence-electron chi connectivity index (χ4n) is 2.28. The average Bonchev–Trinajstić information content (AvgIpc) is 2.65. The Morgan fingerprint density at radius 2 is 1.70 bits per heavy atom. The highest BCUT2D eigenvalue weighted by Gasteiger charge is 2.13. The number of carbonyl (C=O) groups is 3. The first kappa shape index (κ1) is 20.0. The van der Waals surface area contributed by atoms with Crippen LogP contribution < -0.4 is 16.0 Å². The second-order valence-electron chi connectivity index (χ2n) is 5.64. The topological polar surface area (TPSA) is 87.3 Å². The smallest absolute Gasteiger partial charge is 0.254 e. The second kappa shape index (κ2) is 9.42. The molecule has 27 heavy (non-hydrogen) atoms. The van der Waals surface area contributed by atoms with E-state index in [9.17, 15) is 23.2 Å². The van der Waals surface area contributed by atoms with Gasteiger partial charge in [-0.1, -0.05) is 12.1 Å². The molecule has 2 rings (SSSR count). The Labute approximate surface area is 155 Å². The number of nitrogens with one attached hydrogen (secondary N) is 3. The molecule has 0 spiro atoms. The monoisotopic (exact) mass is 375 g/mol. The van der Waals surface area contributed by atoms with Gasteiger partial charge in [0.2, 0.25) is 5.91 Å². The van der Waals surface area contributed by atoms with Gasteiger partial charge in [0, 0.05) is 24.7 Å². The second-order valence-corrected chi connectivity index (χ2v) is 5.64. The highest BCUT2D eigenvalue weighted by atomic mass is 19.1. The number of rotatable bonds is 7. The molecule has 0 aliphatic rings. The fraction of sp³-hybridized carbons (Fsp3) is 0.211. The maximum absolute atomic E-state index is 13.5. The van der Waals surface area contributed by atoms with Crippen LogP contribution in [0.15, 0.2) is 42.5 Å². The molecular weight excluding hydrogens is 356 g/mol. The average molecular weight is 375 g/mol. The highest BCUT2D eigenvalue weighted by Crippen LogP contribution is 2.09. The molecule has 2 aromatic carbocycles. The quantitative estimate of drug-likeness (QED) is 0.689. The number of hydrogen-bond donors (Lipinski definition) is 3. The molecule has 0 aromatic heterocycles. The minimum Gasteiger partial charge on any atom is -0.352 e. The largest absolute Gasteiger partial charge is 0.352 e. The van der Waals surface area contributed by atoms with Gasteiger partial charge < -0.3 is 16.0 Å². The molecule has 0 saturated heterocycles. The van der Waals surface area contributed by atoms with E-state index in [0.29, 0.717) is 23.7 Å². The zero-order valence-electron chi connectivity index (χ0n) is 14.6. The summed E-state index contributed by atoms with van der Waals surface area (Å²) in [7, 11) is 0. The molecule has 0 unspecified atom stereocenters. The highest BCUT2D eigenvalue weighted by molar-refractivity contribution is 5.96. The van der Waals surface area contributed by atoms with E-state index >= 15 is 0 Å². The van der Waals surface area contributed by atoms with E-state index in [2.05, 4.69) is 16.0 Å². The van der Waals surface area contributed by atoms with E-state index in [1.807, 2.05) is 6.92 Å². The first-order chi connectivity index (χ1) is 12.9. The molecule has 8 heteroatoms. The molecule has 3 N–H and O–H groups in total. The van der Waals surface area contributed by atoms with Gasteiger partial charge in [-0.15, -0.1) is 0 Å².